The molecule has 26 heavy (non-hydrogen) atoms. The van der Waals surface area contributed by atoms with Gasteiger partial charge in [0.2, 0.25) is 0 Å². The van der Waals surface area contributed by atoms with E-state index in [1.807, 2.05) is 26.1 Å². The molecule has 2 rings (SSSR count). The van der Waals surface area contributed by atoms with Gasteiger partial charge in [-0.15, -0.1) is 24.0 Å². The summed E-state index contributed by atoms with van der Waals surface area (Å²) in [4.78, 5) is 11.2. The molecular weight excluding hydrogens is 445 g/mol. The number of aliphatic imine (C=N–C) groups is 1. The van der Waals surface area contributed by atoms with Crippen molar-refractivity contribution in [3.05, 3.63) is 36.3 Å². The molecule has 0 saturated carbocycles. The number of nitrogens with one attached hydrogen (secondary N) is 2. The van der Waals surface area contributed by atoms with Gasteiger partial charge in [0.05, 0.1) is 12.3 Å². The van der Waals surface area contributed by atoms with Gasteiger partial charge in [-0.3, -0.25) is 9.58 Å². The molecular formula is C17H30IN7O. The molecule has 1 unspecified atom stereocenters. The zero-order chi connectivity index (χ0) is 18.1. The highest BCUT2D eigenvalue weighted by Gasteiger charge is 2.20. The van der Waals surface area contributed by atoms with Crippen LogP contribution in [0.25, 0.3) is 0 Å². The van der Waals surface area contributed by atoms with Crippen LogP contribution in [0.4, 0.5) is 0 Å². The van der Waals surface area contributed by atoms with Crippen molar-refractivity contribution >= 4 is 29.9 Å². The second kappa shape index (κ2) is 11.9. The molecule has 0 aliphatic carbocycles. The molecule has 2 heterocycles. The average Bonchev–Trinajstić information content (AvgIpc) is 3.28. The van der Waals surface area contributed by atoms with Crippen LogP contribution in [0.3, 0.4) is 0 Å². The number of rotatable bonds is 9. The summed E-state index contributed by atoms with van der Waals surface area (Å²) in [5.41, 5.74) is 0. The first-order valence-corrected chi connectivity index (χ1v) is 8.82. The fraction of sp³-hybridized carbons (Fsp3) is 0.588. The van der Waals surface area contributed by atoms with Crippen LogP contribution in [0, 0.1) is 0 Å². The first kappa shape index (κ1) is 22.4. The zero-order valence-corrected chi connectivity index (χ0v) is 18.3. The summed E-state index contributed by atoms with van der Waals surface area (Å²) in [5, 5.41) is 10.8. The molecule has 2 N–H and O–H groups in total. The smallest absolute Gasteiger partial charge is 0.191 e. The quantitative estimate of drug-likeness (QED) is 0.329. The van der Waals surface area contributed by atoms with Gasteiger partial charge >= 0.3 is 0 Å². The molecule has 0 radical (unpaired) electrons. The molecule has 2 aromatic heterocycles. The number of halogens is 1. The van der Waals surface area contributed by atoms with E-state index >= 15 is 0 Å². The minimum Gasteiger partial charge on any atom is -0.468 e. The van der Waals surface area contributed by atoms with Crippen LogP contribution in [0.1, 0.15) is 38.4 Å². The molecule has 9 heteroatoms. The lowest BCUT2D eigenvalue weighted by atomic mass is 10.2. The maximum absolute atomic E-state index is 5.64. The fourth-order valence-corrected chi connectivity index (χ4v) is 2.70. The predicted octanol–water partition coefficient (Wildman–Crippen LogP) is 2.16. The number of guanidine groups is 1. The lowest BCUT2D eigenvalue weighted by Gasteiger charge is -2.28. The van der Waals surface area contributed by atoms with Gasteiger partial charge in [-0.2, -0.15) is 5.10 Å². The largest absolute Gasteiger partial charge is 0.468 e. The maximum Gasteiger partial charge on any atom is 0.191 e. The van der Waals surface area contributed by atoms with Crippen molar-refractivity contribution in [2.75, 3.05) is 26.2 Å². The van der Waals surface area contributed by atoms with E-state index in [2.05, 4.69) is 44.5 Å². The molecule has 0 saturated heterocycles. The van der Waals surface area contributed by atoms with Gasteiger partial charge in [-0.1, -0.05) is 13.8 Å². The van der Waals surface area contributed by atoms with Gasteiger partial charge in [-0.25, -0.2) is 9.98 Å². The summed E-state index contributed by atoms with van der Waals surface area (Å²) in [6, 6.07) is 4.11. The van der Waals surface area contributed by atoms with E-state index in [0.717, 1.165) is 37.2 Å². The van der Waals surface area contributed by atoms with Crippen molar-refractivity contribution in [2.45, 2.75) is 33.4 Å². The molecule has 0 aliphatic rings. The minimum absolute atomic E-state index is 0. The Morgan fingerprint density at radius 1 is 1.31 bits per heavy atom. The Kier molecular flexibility index (Phi) is 10.3. The lowest BCUT2D eigenvalue weighted by molar-refractivity contribution is 0.193. The van der Waals surface area contributed by atoms with Crippen LogP contribution in [-0.4, -0.2) is 51.8 Å². The molecule has 0 aliphatic heterocycles. The molecule has 0 spiro atoms. The molecule has 0 amide bonds. The SMILES string of the molecule is CCNC(=NCc1ncnn1C)NCC(c1ccco1)N(CC)CC.I. The monoisotopic (exact) mass is 475 g/mol. The summed E-state index contributed by atoms with van der Waals surface area (Å²) in [5.74, 6) is 2.54. The van der Waals surface area contributed by atoms with Gasteiger partial charge in [0.15, 0.2) is 5.96 Å². The van der Waals surface area contributed by atoms with Gasteiger partial charge in [0.25, 0.3) is 0 Å². The summed E-state index contributed by atoms with van der Waals surface area (Å²) >= 11 is 0. The Labute approximate surface area is 172 Å². The van der Waals surface area contributed by atoms with Crippen LogP contribution in [0.15, 0.2) is 34.1 Å². The lowest BCUT2D eigenvalue weighted by Crippen LogP contribution is -2.43. The van der Waals surface area contributed by atoms with E-state index in [1.54, 1.807) is 17.3 Å². The third-order valence-corrected chi connectivity index (χ3v) is 4.12. The van der Waals surface area contributed by atoms with E-state index < -0.39 is 0 Å². The molecule has 0 aromatic carbocycles. The molecule has 0 fully saturated rings. The Morgan fingerprint density at radius 2 is 2.08 bits per heavy atom. The zero-order valence-electron chi connectivity index (χ0n) is 16.0. The van der Waals surface area contributed by atoms with Gasteiger partial charge < -0.3 is 15.1 Å². The minimum atomic E-state index is 0. The third kappa shape index (κ3) is 6.27. The van der Waals surface area contributed by atoms with Crippen molar-refractivity contribution in [1.29, 1.82) is 0 Å². The summed E-state index contributed by atoms with van der Waals surface area (Å²) in [6.07, 6.45) is 3.26. The summed E-state index contributed by atoms with van der Waals surface area (Å²) < 4.78 is 7.37. The highest BCUT2D eigenvalue weighted by Crippen LogP contribution is 2.20. The number of hydrogen-bond donors (Lipinski definition) is 2. The number of aryl methyl sites for hydroxylation is 1. The number of likely N-dealkylation sites (N-methyl/N-ethyl adjacent to an activating group) is 1. The molecule has 0 bridgehead atoms. The van der Waals surface area contributed by atoms with E-state index in [9.17, 15) is 0 Å². The van der Waals surface area contributed by atoms with Crippen molar-refractivity contribution in [3.8, 4) is 0 Å². The molecule has 146 valence electrons. The Balaban J connectivity index is 0.00000338. The van der Waals surface area contributed by atoms with Crippen LogP contribution in [0.5, 0.6) is 0 Å². The van der Waals surface area contributed by atoms with Crippen molar-refractivity contribution in [1.82, 2.24) is 30.3 Å². The summed E-state index contributed by atoms with van der Waals surface area (Å²) in [7, 11) is 1.87. The Morgan fingerprint density at radius 3 is 2.62 bits per heavy atom. The van der Waals surface area contributed by atoms with E-state index in [1.165, 1.54) is 0 Å². The molecule has 8 nitrogen and oxygen atoms in total. The third-order valence-electron chi connectivity index (χ3n) is 4.12. The highest BCUT2D eigenvalue weighted by atomic mass is 127. The van der Waals surface area contributed by atoms with Crippen LogP contribution >= 0.6 is 24.0 Å². The second-order valence-electron chi connectivity index (χ2n) is 5.63. The first-order chi connectivity index (χ1) is 12.2. The van der Waals surface area contributed by atoms with E-state index in [4.69, 9.17) is 4.42 Å². The van der Waals surface area contributed by atoms with Crippen molar-refractivity contribution in [3.63, 3.8) is 0 Å². The van der Waals surface area contributed by atoms with Crippen LogP contribution < -0.4 is 10.6 Å². The number of aromatic nitrogens is 3. The summed E-state index contributed by atoms with van der Waals surface area (Å²) in [6.45, 7) is 10.3. The van der Waals surface area contributed by atoms with Gasteiger partial charge in [-0.05, 0) is 32.1 Å². The van der Waals surface area contributed by atoms with Crippen molar-refractivity contribution in [2.24, 2.45) is 12.0 Å². The molecule has 2 aromatic rings. The Hall–Kier alpha value is -1.62. The van der Waals surface area contributed by atoms with Gasteiger partial charge in [0, 0.05) is 20.1 Å². The van der Waals surface area contributed by atoms with Crippen molar-refractivity contribution < 1.29 is 4.42 Å². The van der Waals surface area contributed by atoms with E-state index in [0.29, 0.717) is 13.1 Å². The first-order valence-electron chi connectivity index (χ1n) is 8.82. The number of nitrogens with zero attached hydrogens (tertiary/aromatic N) is 5. The van der Waals surface area contributed by atoms with E-state index in [-0.39, 0.29) is 30.0 Å². The topological polar surface area (TPSA) is 83.5 Å². The van der Waals surface area contributed by atoms with Gasteiger partial charge in [0.1, 0.15) is 24.5 Å². The number of furan rings is 1. The number of hydrogen-bond acceptors (Lipinski definition) is 5. The normalized spacial score (nSPS) is 12.7. The average molecular weight is 475 g/mol. The fourth-order valence-electron chi connectivity index (χ4n) is 2.70. The molecule has 1 atom stereocenters. The standard InChI is InChI=1S/C17H29N7O.HI/c1-5-18-17(20-12-16-21-13-22-23(16)4)19-11-14(24(6-2)7-3)15-9-8-10-25-15;/h8-10,13-14H,5-7,11-12H2,1-4H3,(H2,18,19,20);1H. The maximum atomic E-state index is 5.64. The second-order valence-corrected chi connectivity index (χ2v) is 5.63. The predicted molar refractivity (Wildman–Crippen MR) is 114 cm³/mol. The Bertz CT molecular complexity index is 637. The highest BCUT2D eigenvalue weighted by molar-refractivity contribution is 14.0. The van der Waals surface area contributed by atoms with Crippen LogP contribution in [-0.2, 0) is 13.6 Å². The van der Waals surface area contributed by atoms with Crippen LogP contribution in [0.2, 0.25) is 0 Å².